The largest absolute Gasteiger partial charge is 0.352 e. The first kappa shape index (κ1) is 31.6. The molecule has 3 rings (SSSR count). The fourth-order valence-electron chi connectivity index (χ4n) is 4.27. The van der Waals surface area contributed by atoms with Crippen molar-refractivity contribution < 1.29 is 18.0 Å². The van der Waals surface area contributed by atoms with Gasteiger partial charge in [0.1, 0.15) is 12.6 Å². The predicted octanol–water partition coefficient (Wildman–Crippen LogP) is 5.73. The molecule has 40 heavy (non-hydrogen) atoms. The van der Waals surface area contributed by atoms with Gasteiger partial charge < -0.3 is 10.2 Å². The quantitative estimate of drug-likeness (QED) is 0.272. The molecular weight excluding hydrogens is 614 g/mol. The third-order valence-corrected chi connectivity index (χ3v) is 8.49. The number of amides is 2. The lowest BCUT2D eigenvalue weighted by Gasteiger charge is -2.34. The number of aryl methyl sites for hydroxylation is 1. The molecule has 2 atom stereocenters. The van der Waals surface area contributed by atoms with Crippen molar-refractivity contribution in [1.29, 1.82) is 0 Å². The molecule has 1 N–H and O–H groups in total. The number of carbonyl (C=O) groups excluding carboxylic acids is 2. The Bertz CT molecular complexity index is 1440. The van der Waals surface area contributed by atoms with Gasteiger partial charge in [0.2, 0.25) is 21.8 Å². The molecule has 0 aromatic heterocycles. The second kappa shape index (κ2) is 14.1. The van der Waals surface area contributed by atoms with E-state index in [2.05, 4.69) is 21.2 Å². The maximum Gasteiger partial charge on any atom is 0.244 e. The Morgan fingerprint density at radius 1 is 1.00 bits per heavy atom. The van der Waals surface area contributed by atoms with Crippen LogP contribution in [0.25, 0.3) is 0 Å². The normalized spacial score (nSPS) is 12.8. The van der Waals surface area contributed by atoms with Gasteiger partial charge in [-0.05, 0) is 61.2 Å². The average molecular weight is 649 g/mol. The maximum atomic E-state index is 14.1. The highest BCUT2D eigenvalue weighted by atomic mass is 79.9. The first-order valence-electron chi connectivity index (χ1n) is 13.0. The van der Waals surface area contributed by atoms with E-state index < -0.39 is 28.5 Å². The second-order valence-electron chi connectivity index (χ2n) is 9.88. The fraction of sp³-hybridized carbons (Fsp3) is 0.333. The smallest absolute Gasteiger partial charge is 0.244 e. The average Bonchev–Trinajstić information content (AvgIpc) is 2.90. The van der Waals surface area contributed by atoms with Gasteiger partial charge in [0.15, 0.2) is 0 Å². The molecule has 0 radical (unpaired) electrons. The van der Waals surface area contributed by atoms with Crippen LogP contribution in [0, 0.1) is 6.92 Å². The van der Waals surface area contributed by atoms with Crippen LogP contribution in [0.1, 0.15) is 37.0 Å². The number of rotatable bonds is 12. The van der Waals surface area contributed by atoms with E-state index >= 15 is 0 Å². The van der Waals surface area contributed by atoms with Crippen LogP contribution in [0.4, 0.5) is 5.69 Å². The van der Waals surface area contributed by atoms with Crippen molar-refractivity contribution in [3.8, 4) is 0 Å². The van der Waals surface area contributed by atoms with E-state index in [0.717, 1.165) is 32.6 Å². The summed E-state index contributed by atoms with van der Waals surface area (Å²) in [6.45, 7) is 5.25. The summed E-state index contributed by atoms with van der Waals surface area (Å²) < 4.78 is 27.8. The highest BCUT2D eigenvalue weighted by Gasteiger charge is 2.33. The van der Waals surface area contributed by atoms with Crippen LogP contribution in [0.5, 0.6) is 0 Å². The van der Waals surface area contributed by atoms with Gasteiger partial charge in [0.25, 0.3) is 0 Å². The van der Waals surface area contributed by atoms with Crippen molar-refractivity contribution in [3.05, 3.63) is 99.0 Å². The molecule has 0 heterocycles. The summed E-state index contributed by atoms with van der Waals surface area (Å²) in [4.78, 5) is 29.3. The van der Waals surface area contributed by atoms with E-state index in [9.17, 15) is 18.0 Å². The summed E-state index contributed by atoms with van der Waals surface area (Å²) in [7, 11) is -3.87. The number of hydrogen-bond donors (Lipinski definition) is 1. The van der Waals surface area contributed by atoms with E-state index in [4.69, 9.17) is 11.6 Å². The Kier molecular flexibility index (Phi) is 11.2. The maximum absolute atomic E-state index is 14.1. The molecule has 0 fully saturated rings. The van der Waals surface area contributed by atoms with E-state index in [0.29, 0.717) is 16.3 Å². The standard InChI is InChI=1S/C30H35BrClN3O4S/c1-5-22(3)33-30(37)28(17-23-10-7-6-8-11-23)34(19-24-12-9-13-25(31)16-24)29(36)20-35(40(4,38)39)27-18-26(32)15-14-21(27)2/h6-16,18,22,28H,5,17,19-20H2,1-4H3,(H,33,37)/t22-,28-/m1/s1. The molecule has 214 valence electrons. The molecular formula is C30H35BrClN3O4S. The van der Waals surface area contributed by atoms with Crippen LogP contribution in [0.3, 0.4) is 0 Å². The zero-order valence-electron chi connectivity index (χ0n) is 23.1. The Labute approximate surface area is 250 Å². The number of sulfonamides is 1. The van der Waals surface area contributed by atoms with Crippen LogP contribution < -0.4 is 9.62 Å². The van der Waals surface area contributed by atoms with E-state index in [-0.39, 0.29) is 24.9 Å². The van der Waals surface area contributed by atoms with Crippen LogP contribution >= 0.6 is 27.5 Å². The zero-order valence-corrected chi connectivity index (χ0v) is 26.3. The predicted molar refractivity (Wildman–Crippen MR) is 165 cm³/mol. The minimum absolute atomic E-state index is 0.102. The molecule has 0 spiro atoms. The summed E-state index contributed by atoms with van der Waals surface area (Å²) in [6, 6.07) is 20.8. The summed E-state index contributed by atoms with van der Waals surface area (Å²) in [5.74, 6) is -0.809. The lowest BCUT2D eigenvalue weighted by molar-refractivity contribution is -0.140. The molecule has 7 nitrogen and oxygen atoms in total. The van der Waals surface area contributed by atoms with Gasteiger partial charge in [-0.25, -0.2) is 8.42 Å². The van der Waals surface area contributed by atoms with Crippen LogP contribution in [-0.2, 0) is 32.6 Å². The molecule has 10 heteroatoms. The molecule has 0 saturated heterocycles. The SMILES string of the molecule is CC[C@@H](C)NC(=O)[C@@H](Cc1ccccc1)N(Cc1cccc(Br)c1)C(=O)CN(c1cc(Cl)ccc1C)S(C)(=O)=O. The van der Waals surface area contributed by atoms with Crippen LogP contribution in [0.2, 0.25) is 5.02 Å². The van der Waals surface area contributed by atoms with Gasteiger partial charge in [-0.15, -0.1) is 0 Å². The minimum atomic E-state index is -3.87. The van der Waals surface area contributed by atoms with E-state index in [1.807, 2.05) is 68.4 Å². The number of nitrogens with zero attached hydrogens (tertiary/aromatic N) is 2. The lowest BCUT2D eigenvalue weighted by atomic mass is 10.0. The summed E-state index contributed by atoms with van der Waals surface area (Å²) in [5, 5.41) is 3.37. The molecule has 2 amide bonds. The summed E-state index contributed by atoms with van der Waals surface area (Å²) in [5.41, 5.74) is 2.64. The highest BCUT2D eigenvalue weighted by Crippen LogP contribution is 2.27. The number of hydrogen-bond acceptors (Lipinski definition) is 4. The number of halogens is 2. The van der Waals surface area contributed by atoms with Gasteiger partial charge in [-0.2, -0.15) is 0 Å². The van der Waals surface area contributed by atoms with Gasteiger partial charge in [-0.3, -0.25) is 13.9 Å². The summed E-state index contributed by atoms with van der Waals surface area (Å²) >= 11 is 9.68. The molecule has 0 saturated carbocycles. The Morgan fingerprint density at radius 2 is 1.68 bits per heavy atom. The van der Waals surface area contributed by atoms with Gasteiger partial charge in [0, 0.05) is 28.5 Å². The molecule has 0 bridgehead atoms. The third-order valence-electron chi connectivity index (χ3n) is 6.63. The van der Waals surface area contributed by atoms with Crippen molar-refractivity contribution in [2.45, 2.75) is 52.2 Å². The fourth-order valence-corrected chi connectivity index (χ4v) is 5.79. The number of nitrogens with one attached hydrogen (secondary N) is 1. The van der Waals surface area contributed by atoms with E-state index in [1.165, 1.54) is 11.0 Å². The third kappa shape index (κ3) is 8.81. The van der Waals surface area contributed by atoms with Crippen LogP contribution in [0.15, 0.2) is 77.3 Å². The molecule has 0 unspecified atom stereocenters. The number of benzene rings is 3. The molecule has 0 aliphatic carbocycles. The molecule has 3 aromatic carbocycles. The van der Waals surface area contributed by atoms with Crippen LogP contribution in [-0.4, -0.2) is 50.0 Å². The highest BCUT2D eigenvalue weighted by molar-refractivity contribution is 9.10. The second-order valence-corrected chi connectivity index (χ2v) is 13.1. The first-order valence-corrected chi connectivity index (χ1v) is 16.0. The Balaban J connectivity index is 2.09. The van der Waals surface area contributed by atoms with Crippen molar-refractivity contribution in [1.82, 2.24) is 10.2 Å². The monoisotopic (exact) mass is 647 g/mol. The Morgan fingerprint density at radius 3 is 2.30 bits per heavy atom. The number of carbonyl (C=O) groups is 2. The first-order chi connectivity index (χ1) is 18.9. The lowest BCUT2D eigenvalue weighted by Crippen LogP contribution is -2.54. The molecule has 3 aromatic rings. The number of anilines is 1. The topological polar surface area (TPSA) is 86.8 Å². The Hall–Kier alpha value is -2.88. The van der Waals surface area contributed by atoms with Crippen molar-refractivity contribution in [2.75, 3.05) is 17.1 Å². The van der Waals surface area contributed by atoms with Crippen molar-refractivity contribution in [3.63, 3.8) is 0 Å². The zero-order chi connectivity index (χ0) is 29.4. The van der Waals surface area contributed by atoms with Gasteiger partial charge in [-0.1, -0.05) is 83.0 Å². The minimum Gasteiger partial charge on any atom is -0.352 e. The van der Waals surface area contributed by atoms with Gasteiger partial charge in [0.05, 0.1) is 11.9 Å². The molecule has 0 aliphatic rings. The van der Waals surface area contributed by atoms with E-state index in [1.54, 1.807) is 19.1 Å². The summed E-state index contributed by atoms with van der Waals surface area (Å²) in [6.07, 6.45) is 2.04. The molecule has 0 aliphatic heterocycles. The van der Waals surface area contributed by atoms with Crippen molar-refractivity contribution in [2.24, 2.45) is 0 Å². The van der Waals surface area contributed by atoms with Gasteiger partial charge >= 0.3 is 0 Å². The van der Waals surface area contributed by atoms with Crippen molar-refractivity contribution >= 4 is 55.1 Å².